The van der Waals surface area contributed by atoms with E-state index < -0.39 is 5.97 Å². The largest absolute Gasteiger partial charge is 0.464 e. The van der Waals surface area contributed by atoms with E-state index >= 15 is 0 Å². The predicted molar refractivity (Wildman–Crippen MR) is 91.3 cm³/mol. The molecular formula is C18H17N3O3. The normalized spacial score (nSPS) is 10.6. The van der Waals surface area contributed by atoms with Crippen LogP contribution in [0.3, 0.4) is 0 Å². The first-order valence-corrected chi connectivity index (χ1v) is 7.44. The molecule has 0 unspecified atom stereocenters. The van der Waals surface area contributed by atoms with Crippen LogP contribution in [0, 0.1) is 13.8 Å². The third kappa shape index (κ3) is 2.86. The lowest BCUT2D eigenvalue weighted by Crippen LogP contribution is -2.13. The number of carbonyl (C=O) groups is 2. The number of aromatic amines is 1. The zero-order chi connectivity index (χ0) is 17.3. The van der Waals surface area contributed by atoms with Crippen LogP contribution >= 0.6 is 0 Å². The molecule has 3 aromatic rings. The van der Waals surface area contributed by atoms with Crippen molar-refractivity contribution in [3.63, 3.8) is 0 Å². The molecular weight excluding hydrogens is 306 g/mol. The number of amides is 1. The van der Waals surface area contributed by atoms with Crippen molar-refractivity contribution in [1.82, 2.24) is 10.2 Å². The van der Waals surface area contributed by atoms with Crippen molar-refractivity contribution in [2.45, 2.75) is 13.8 Å². The predicted octanol–water partition coefficient (Wildman–Crippen LogP) is 3.22. The standard InChI is InChI=1S/C18H17N3O3/c1-10-4-5-11(2)13(8-10)17(22)19-12-6-7-15-14(9-12)16(21-20-15)18(23)24-3/h4-9H,1-3H3,(H,19,22)(H,20,21). The Bertz CT molecular complexity index is 944. The van der Waals surface area contributed by atoms with Crippen LogP contribution < -0.4 is 5.32 Å². The second-order valence-electron chi connectivity index (χ2n) is 5.60. The van der Waals surface area contributed by atoms with E-state index in [1.807, 2.05) is 32.0 Å². The molecule has 1 heterocycles. The average molecular weight is 323 g/mol. The van der Waals surface area contributed by atoms with E-state index in [4.69, 9.17) is 4.74 Å². The Balaban J connectivity index is 1.94. The summed E-state index contributed by atoms with van der Waals surface area (Å²) in [5.41, 5.74) is 4.01. The number of methoxy groups -OCH3 is 1. The highest BCUT2D eigenvalue weighted by Crippen LogP contribution is 2.22. The van der Waals surface area contributed by atoms with Gasteiger partial charge in [-0.25, -0.2) is 4.79 Å². The zero-order valence-corrected chi connectivity index (χ0v) is 13.6. The molecule has 0 aliphatic carbocycles. The maximum Gasteiger partial charge on any atom is 0.359 e. The number of nitrogens with one attached hydrogen (secondary N) is 2. The lowest BCUT2D eigenvalue weighted by molar-refractivity contribution is 0.0596. The lowest BCUT2D eigenvalue weighted by atomic mass is 10.0. The topological polar surface area (TPSA) is 84.1 Å². The average Bonchev–Trinajstić information content (AvgIpc) is 2.99. The highest BCUT2D eigenvalue weighted by atomic mass is 16.5. The van der Waals surface area contributed by atoms with Gasteiger partial charge in [0.1, 0.15) is 0 Å². The van der Waals surface area contributed by atoms with E-state index in [-0.39, 0.29) is 11.6 Å². The maximum atomic E-state index is 12.5. The van der Waals surface area contributed by atoms with Crippen molar-refractivity contribution < 1.29 is 14.3 Å². The highest BCUT2D eigenvalue weighted by molar-refractivity contribution is 6.07. The summed E-state index contributed by atoms with van der Waals surface area (Å²) in [4.78, 5) is 24.2. The molecule has 2 N–H and O–H groups in total. The third-order valence-electron chi connectivity index (χ3n) is 3.84. The molecule has 0 aliphatic heterocycles. The van der Waals surface area contributed by atoms with Gasteiger partial charge in [0.15, 0.2) is 5.69 Å². The summed E-state index contributed by atoms with van der Waals surface area (Å²) in [7, 11) is 1.30. The minimum Gasteiger partial charge on any atom is -0.464 e. The van der Waals surface area contributed by atoms with Gasteiger partial charge in [-0.3, -0.25) is 9.89 Å². The van der Waals surface area contributed by atoms with E-state index in [9.17, 15) is 9.59 Å². The Labute approximate surface area is 138 Å². The Morgan fingerprint density at radius 2 is 1.92 bits per heavy atom. The van der Waals surface area contributed by atoms with Gasteiger partial charge in [0.2, 0.25) is 0 Å². The molecule has 6 heteroatoms. The zero-order valence-electron chi connectivity index (χ0n) is 13.6. The molecule has 1 aromatic heterocycles. The first-order chi connectivity index (χ1) is 11.5. The number of H-pyrrole nitrogens is 1. The van der Waals surface area contributed by atoms with Crippen molar-refractivity contribution in [3.8, 4) is 0 Å². The first kappa shape index (κ1) is 15.7. The van der Waals surface area contributed by atoms with Gasteiger partial charge in [0.05, 0.1) is 12.6 Å². The number of esters is 1. The summed E-state index contributed by atoms with van der Waals surface area (Å²) in [5.74, 6) is -0.724. The Morgan fingerprint density at radius 3 is 2.67 bits per heavy atom. The van der Waals surface area contributed by atoms with Crippen LogP contribution in [-0.2, 0) is 4.74 Å². The number of fused-ring (bicyclic) bond motifs is 1. The van der Waals surface area contributed by atoms with E-state index in [0.717, 1.165) is 11.1 Å². The molecule has 0 bridgehead atoms. The van der Waals surface area contributed by atoms with E-state index in [1.54, 1.807) is 18.2 Å². The summed E-state index contributed by atoms with van der Waals surface area (Å²) in [6.45, 7) is 3.83. The number of nitrogens with zero attached hydrogens (tertiary/aromatic N) is 1. The van der Waals surface area contributed by atoms with Gasteiger partial charge in [-0.15, -0.1) is 0 Å². The summed E-state index contributed by atoms with van der Waals surface area (Å²) < 4.78 is 4.71. The van der Waals surface area contributed by atoms with Crippen LogP contribution in [0.15, 0.2) is 36.4 Å². The third-order valence-corrected chi connectivity index (χ3v) is 3.84. The smallest absolute Gasteiger partial charge is 0.359 e. The molecule has 2 aromatic carbocycles. The summed E-state index contributed by atoms with van der Waals surface area (Å²) in [6, 6.07) is 10.9. The van der Waals surface area contributed by atoms with Crippen molar-refractivity contribution in [2.24, 2.45) is 0 Å². The monoisotopic (exact) mass is 323 g/mol. The van der Waals surface area contributed by atoms with E-state index in [1.165, 1.54) is 7.11 Å². The van der Waals surface area contributed by atoms with Crippen LogP contribution in [0.25, 0.3) is 10.9 Å². The highest BCUT2D eigenvalue weighted by Gasteiger charge is 2.16. The molecule has 1 amide bonds. The molecule has 0 fully saturated rings. The maximum absolute atomic E-state index is 12.5. The second kappa shape index (κ2) is 6.16. The first-order valence-electron chi connectivity index (χ1n) is 7.44. The van der Waals surface area contributed by atoms with E-state index in [0.29, 0.717) is 22.2 Å². The van der Waals surface area contributed by atoms with Crippen LogP contribution in [0.5, 0.6) is 0 Å². The molecule has 0 saturated heterocycles. The van der Waals surface area contributed by atoms with Crippen LogP contribution in [0.1, 0.15) is 32.0 Å². The van der Waals surface area contributed by atoms with Crippen molar-refractivity contribution in [1.29, 1.82) is 0 Å². The van der Waals surface area contributed by atoms with Crippen LogP contribution in [0.4, 0.5) is 5.69 Å². The fraction of sp³-hybridized carbons (Fsp3) is 0.167. The minimum atomic E-state index is -0.528. The summed E-state index contributed by atoms with van der Waals surface area (Å²) >= 11 is 0. The van der Waals surface area contributed by atoms with Crippen molar-refractivity contribution in [3.05, 3.63) is 58.8 Å². The Kier molecular flexibility index (Phi) is 4.04. The van der Waals surface area contributed by atoms with E-state index in [2.05, 4.69) is 15.5 Å². The molecule has 6 nitrogen and oxygen atoms in total. The van der Waals surface area contributed by atoms with Gasteiger partial charge in [-0.2, -0.15) is 5.10 Å². The molecule has 0 saturated carbocycles. The molecule has 0 radical (unpaired) electrons. The SMILES string of the molecule is COC(=O)c1n[nH]c2ccc(NC(=O)c3cc(C)ccc3C)cc12. The fourth-order valence-corrected chi connectivity index (χ4v) is 2.52. The summed E-state index contributed by atoms with van der Waals surface area (Å²) in [5, 5.41) is 10.2. The number of hydrogen-bond donors (Lipinski definition) is 2. The summed E-state index contributed by atoms with van der Waals surface area (Å²) in [6.07, 6.45) is 0. The minimum absolute atomic E-state index is 0.190. The number of hydrogen-bond acceptors (Lipinski definition) is 4. The molecule has 0 spiro atoms. The van der Waals surface area contributed by atoms with Gasteiger partial charge in [0.25, 0.3) is 5.91 Å². The number of carbonyl (C=O) groups excluding carboxylic acids is 2. The number of aryl methyl sites for hydroxylation is 2. The molecule has 122 valence electrons. The lowest BCUT2D eigenvalue weighted by Gasteiger charge is -2.09. The van der Waals surface area contributed by atoms with Gasteiger partial charge in [-0.1, -0.05) is 17.7 Å². The molecule has 3 rings (SSSR count). The number of ether oxygens (including phenoxy) is 1. The molecule has 24 heavy (non-hydrogen) atoms. The Morgan fingerprint density at radius 1 is 1.12 bits per heavy atom. The number of rotatable bonds is 3. The quantitative estimate of drug-likeness (QED) is 0.725. The van der Waals surface area contributed by atoms with Gasteiger partial charge in [0, 0.05) is 16.6 Å². The number of aromatic nitrogens is 2. The molecule has 0 aliphatic rings. The molecule has 0 atom stereocenters. The van der Waals surface area contributed by atoms with Gasteiger partial charge in [-0.05, 0) is 43.7 Å². The van der Waals surface area contributed by atoms with Crippen LogP contribution in [-0.4, -0.2) is 29.2 Å². The van der Waals surface area contributed by atoms with Crippen molar-refractivity contribution >= 4 is 28.5 Å². The van der Waals surface area contributed by atoms with Gasteiger partial charge >= 0.3 is 5.97 Å². The fourth-order valence-electron chi connectivity index (χ4n) is 2.52. The van der Waals surface area contributed by atoms with Crippen LogP contribution in [0.2, 0.25) is 0 Å². The number of anilines is 1. The Hall–Kier alpha value is -3.15. The number of benzene rings is 2. The second-order valence-corrected chi connectivity index (χ2v) is 5.60. The van der Waals surface area contributed by atoms with Gasteiger partial charge < -0.3 is 10.1 Å². The van der Waals surface area contributed by atoms with Crippen molar-refractivity contribution in [2.75, 3.05) is 12.4 Å².